The van der Waals surface area contributed by atoms with Gasteiger partial charge in [-0.05, 0) is 45.1 Å². The number of rotatable bonds is 9. The number of nitrogens with two attached hydrogens (primary N) is 3. The Kier molecular flexibility index (Phi) is 8.32. The van der Waals surface area contributed by atoms with Gasteiger partial charge in [0.1, 0.15) is 11.6 Å². The van der Waals surface area contributed by atoms with Gasteiger partial charge in [-0.1, -0.05) is 6.07 Å². The molecule has 6 N–H and O–H groups in total. The Labute approximate surface area is 166 Å². The highest BCUT2D eigenvalue weighted by Gasteiger charge is 2.32. The van der Waals surface area contributed by atoms with E-state index in [9.17, 15) is 19.7 Å². The fourth-order valence-corrected chi connectivity index (χ4v) is 3.00. The Bertz CT molecular complexity index is 716. The van der Waals surface area contributed by atoms with Crippen LogP contribution in [0.1, 0.15) is 38.5 Å². The lowest BCUT2D eigenvalue weighted by molar-refractivity contribution is -0.485. The van der Waals surface area contributed by atoms with Gasteiger partial charge in [0.2, 0.25) is 5.91 Å². The van der Waals surface area contributed by atoms with Crippen molar-refractivity contribution < 1.29 is 19.4 Å². The van der Waals surface area contributed by atoms with Gasteiger partial charge in [-0.25, -0.2) is 14.9 Å². The zero-order valence-corrected chi connectivity index (χ0v) is 16.8. The van der Waals surface area contributed by atoms with Gasteiger partial charge in [0, 0.05) is 4.88 Å². The fraction of sp³-hybridized carbons (Fsp3) is 0.562. The van der Waals surface area contributed by atoms with E-state index in [1.807, 2.05) is 17.5 Å². The number of hydrogen-bond acceptors (Lipinski definition) is 7. The second kappa shape index (κ2) is 9.99. The van der Waals surface area contributed by atoms with E-state index in [0.717, 1.165) is 4.88 Å². The Hall–Kier alpha value is -2.73. The van der Waals surface area contributed by atoms with Crippen LogP contribution in [0.2, 0.25) is 0 Å². The molecule has 1 aromatic heterocycles. The van der Waals surface area contributed by atoms with Crippen molar-refractivity contribution in [1.82, 2.24) is 4.90 Å². The van der Waals surface area contributed by atoms with Crippen molar-refractivity contribution in [1.29, 1.82) is 0 Å². The number of hydrazone groups is 1. The molecule has 0 fully saturated rings. The first-order valence-electron chi connectivity index (χ1n) is 8.46. The molecule has 1 heterocycles. The Morgan fingerprint density at radius 3 is 2.46 bits per heavy atom. The van der Waals surface area contributed by atoms with Crippen LogP contribution in [0.25, 0.3) is 0 Å². The number of nitrogens with zero attached hydrogens (tertiary/aromatic N) is 3. The van der Waals surface area contributed by atoms with Crippen LogP contribution >= 0.6 is 11.3 Å². The predicted octanol–water partition coefficient (Wildman–Crippen LogP) is 0.996. The van der Waals surface area contributed by atoms with Crippen LogP contribution in [0.4, 0.5) is 4.79 Å². The van der Waals surface area contributed by atoms with Crippen LogP contribution in [0.3, 0.4) is 0 Å². The van der Waals surface area contributed by atoms with E-state index in [2.05, 4.69) is 5.10 Å². The number of amidine groups is 1. The van der Waals surface area contributed by atoms with E-state index in [0.29, 0.717) is 0 Å². The zero-order chi connectivity index (χ0) is 21.5. The average Bonchev–Trinajstić information content (AvgIpc) is 3.04. The van der Waals surface area contributed by atoms with Crippen LogP contribution in [-0.4, -0.2) is 45.5 Å². The minimum absolute atomic E-state index is 0.0368. The van der Waals surface area contributed by atoms with Crippen molar-refractivity contribution in [3.8, 4) is 0 Å². The number of ether oxygens (including phenoxy) is 1. The lowest BCUT2D eigenvalue weighted by Crippen LogP contribution is -2.50. The average molecular weight is 414 g/mol. The van der Waals surface area contributed by atoms with Gasteiger partial charge >= 0.3 is 6.09 Å². The molecule has 2 amide bonds. The molecular weight excluding hydrogens is 388 g/mol. The molecule has 2 atom stereocenters. The maximum Gasteiger partial charge on any atom is 0.411 e. The summed E-state index contributed by atoms with van der Waals surface area (Å²) < 4.78 is 5.40. The van der Waals surface area contributed by atoms with Crippen molar-refractivity contribution >= 4 is 29.2 Å². The van der Waals surface area contributed by atoms with Crippen LogP contribution in [0, 0.1) is 10.1 Å². The van der Waals surface area contributed by atoms with Gasteiger partial charge in [-0.2, -0.15) is 0 Å². The van der Waals surface area contributed by atoms with Gasteiger partial charge in [0.15, 0.2) is 10.9 Å². The SMILES string of the molecule is CC(C)(C)OC(=O)N(Cc1cccs1)[C@@H](CCC(N)C(N)=N[N+](=O)[O-])C(N)=O. The summed E-state index contributed by atoms with van der Waals surface area (Å²) in [7, 11) is 0. The van der Waals surface area contributed by atoms with Crippen LogP contribution in [0.5, 0.6) is 0 Å². The highest BCUT2D eigenvalue weighted by molar-refractivity contribution is 7.09. The Balaban J connectivity index is 3.01. The van der Waals surface area contributed by atoms with Crippen LogP contribution in [0.15, 0.2) is 22.6 Å². The number of nitro groups is 1. The van der Waals surface area contributed by atoms with Crippen molar-refractivity contribution in [3.63, 3.8) is 0 Å². The first kappa shape index (κ1) is 23.3. The van der Waals surface area contributed by atoms with Crippen LogP contribution in [-0.2, 0) is 16.1 Å². The predicted molar refractivity (Wildman–Crippen MR) is 105 cm³/mol. The van der Waals surface area contributed by atoms with Crippen molar-refractivity contribution in [2.24, 2.45) is 22.3 Å². The highest BCUT2D eigenvalue weighted by Crippen LogP contribution is 2.20. The molecule has 1 unspecified atom stereocenters. The van der Waals surface area contributed by atoms with Crippen LogP contribution < -0.4 is 17.2 Å². The molecule has 1 rings (SSSR count). The number of carbonyl (C=O) groups is 2. The molecule has 11 nitrogen and oxygen atoms in total. The first-order valence-corrected chi connectivity index (χ1v) is 9.34. The van der Waals surface area contributed by atoms with E-state index in [-0.39, 0.29) is 25.2 Å². The molecule has 0 saturated heterocycles. The molecule has 0 bridgehead atoms. The number of primary amides is 1. The van der Waals surface area contributed by atoms with Crippen molar-refractivity contribution in [2.45, 2.75) is 57.8 Å². The first-order chi connectivity index (χ1) is 12.9. The van der Waals surface area contributed by atoms with Gasteiger partial charge in [0.05, 0.1) is 17.7 Å². The standard InChI is InChI=1S/C16H26N6O5S/c1-16(2,3)27-15(24)21(9-10-5-4-8-28-10)12(14(19)23)7-6-11(17)13(18)20-22(25)26/h4-5,8,11-12H,6-7,9,17H2,1-3H3,(H2,18,20)(H2,19,23)/t11?,12-/m0/s1. The van der Waals surface area contributed by atoms with Crippen molar-refractivity contribution in [3.05, 3.63) is 32.5 Å². The van der Waals surface area contributed by atoms with E-state index in [1.54, 1.807) is 20.8 Å². The molecule has 12 heteroatoms. The summed E-state index contributed by atoms with van der Waals surface area (Å²) in [5.41, 5.74) is 16.0. The molecule has 0 aliphatic carbocycles. The molecular formula is C16H26N6O5S. The van der Waals surface area contributed by atoms with Crippen molar-refractivity contribution in [2.75, 3.05) is 0 Å². The van der Waals surface area contributed by atoms with E-state index in [4.69, 9.17) is 21.9 Å². The van der Waals surface area contributed by atoms with Gasteiger partial charge in [0.25, 0.3) is 0 Å². The summed E-state index contributed by atoms with van der Waals surface area (Å²) in [5, 5.41) is 14.3. The number of thiophene rings is 1. The summed E-state index contributed by atoms with van der Waals surface area (Å²) >= 11 is 1.41. The van der Waals surface area contributed by atoms with Gasteiger partial charge in [-0.3, -0.25) is 9.69 Å². The second-order valence-electron chi connectivity index (χ2n) is 7.05. The molecule has 28 heavy (non-hydrogen) atoms. The number of amides is 2. The third-order valence-corrected chi connectivity index (χ3v) is 4.43. The minimum Gasteiger partial charge on any atom is -0.444 e. The Morgan fingerprint density at radius 1 is 1.36 bits per heavy atom. The molecule has 0 aliphatic heterocycles. The molecule has 0 aliphatic rings. The smallest absolute Gasteiger partial charge is 0.411 e. The fourth-order valence-electron chi connectivity index (χ4n) is 2.30. The summed E-state index contributed by atoms with van der Waals surface area (Å²) in [5.74, 6) is -1.13. The Morgan fingerprint density at radius 2 is 2.00 bits per heavy atom. The van der Waals surface area contributed by atoms with E-state index < -0.39 is 34.7 Å². The lowest BCUT2D eigenvalue weighted by atomic mass is 10.0. The van der Waals surface area contributed by atoms with E-state index >= 15 is 0 Å². The summed E-state index contributed by atoms with van der Waals surface area (Å²) in [6.07, 6.45) is -0.611. The number of carbonyl (C=O) groups excluding carboxylic acids is 2. The molecule has 156 valence electrons. The molecule has 0 radical (unpaired) electrons. The third-order valence-electron chi connectivity index (χ3n) is 3.57. The summed E-state index contributed by atoms with van der Waals surface area (Å²) in [6, 6.07) is 1.63. The lowest BCUT2D eigenvalue weighted by Gasteiger charge is -2.32. The summed E-state index contributed by atoms with van der Waals surface area (Å²) in [6.45, 7) is 5.24. The van der Waals surface area contributed by atoms with Gasteiger partial charge in [-0.15, -0.1) is 11.3 Å². The summed E-state index contributed by atoms with van der Waals surface area (Å²) in [4.78, 5) is 37.2. The minimum atomic E-state index is -1.04. The second-order valence-corrected chi connectivity index (χ2v) is 8.08. The third kappa shape index (κ3) is 7.88. The van der Waals surface area contributed by atoms with Gasteiger partial charge < -0.3 is 21.9 Å². The monoisotopic (exact) mass is 414 g/mol. The molecule has 0 aromatic carbocycles. The van der Waals surface area contributed by atoms with E-state index in [1.165, 1.54) is 16.2 Å². The molecule has 0 spiro atoms. The maximum absolute atomic E-state index is 12.7. The number of hydrogen-bond donors (Lipinski definition) is 3. The quantitative estimate of drug-likeness (QED) is 0.233. The zero-order valence-electron chi connectivity index (χ0n) is 16.0. The highest BCUT2D eigenvalue weighted by atomic mass is 32.1. The largest absolute Gasteiger partial charge is 0.444 e. The molecule has 0 saturated carbocycles. The normalized spacial score (nSPS) is 14.2. The topological polar surface area (TPSA) is 180 Å². The molecule has 1 aromatic rings. The maximum atomic E-state index is 12.7.